The first-order chi connectivity index (χ1) is 17.0. The lowest BCUT2D eigenvalue weighted by Crippen LogP contribution is -2.38. The van der Waals surface area contributed by atoms with E-state index in [1.165, 1.54) is 0 Å². The summed E-state index contributed by atoms with van der Waals surface area (Å²) >= 11 is 0. The van der Waals surface area contributed by atoms with Crippen molar-refractivity contribution < 1.29 is 28.9 Å². The summed E-state index contributed by atoms with van der Waals surface area (Å²) in [6, 6.07) is 13.4. The number of aliphatic hydroxyl groups excluding tert-OH is 1. The van der Waals surface area contributed by atoms with Crippen molar-refractivity contribution in [1.29, 1.82) is 0 Å². The Balaban J connectivity index is 1.66. The van der Waals surface area contributed by atoms with Crippen molar-refractivity contribution in [3.05, 3.63) is 65.2 Å². The molecule has 0 aliphatic carbocycles. The Morgan fingerprint density at radius 2 is 1.66 bits per heavy atom. The molecular weight excluding hydrogens is 448 g/mol. The zero-order valence-electron chi connectivity index (χ0n) is 20.2. The van der Waals surface area contributed by atoms with E-state index in [-0.39, 0.29) is 11.3 Å². The van der Waals surface area contributed by atoms with Gasteiger partial charge in [0, 0.05) is 31.7 Å². The van der Waals surface area contributed by atoms with Crippen molar-refractivity contribution in [3.63, 3.8) is 0 Å². The third-order valence-electron chi connectivity index (χ3n) is 6.39. The maximum atomic E-state index is 13.2. The fourth-order valence-electron chi connectivity index (χ4n) is 4.56. The van der Waals surface area contributed by atoms with E-state index in [2.05, 4.69) is 4.90 Å². The number of aliphatic hydroxyl groups is 1. The van der Waals surface area contributed by atoms with Gasteiger partial charge in [0.05, 0.1) is 38.5 Å². The number of hydrogen-bond donors (Lipinski definition) is 1. The number of methoxy groups -OCH3 is 1. The average molecular weight is 481 g/mol. The summed E-state index contributed by atoms with van der Waals surface area (Å²) in [6.45, 7) is 6.79. The molecule has 4 rings (SSSR count). The second kappa shape index (κ2) is 11.4. The molecule has 0 radical (unpaired) electrons. The molecule has 2 fully saturated rings. The first-order valence-electron chi connectivity index (χ1n) is 12.0. The number of Topliss-reactive ketones (excluding diaryl/α,β-unsaturated/α-hetero) is 1. The Morgan fingerprint density at radius 1 is 1.00 bits per heavy atom. The predicted molar refractivity (Wildman–Crippen MR) is 131 cm³/mol. The molecule has 0 saturated carbocycles. The largest absolute Gasteiger partial charge is 0.507 e. The summed E-state index contributed by atoms with van der Waals surface area (Å²) in [7, 11) is 1.56. The smallest absolute Gasteiger partial charge is 0.295 e. The molecule has 1 N–H and O–H groups in total. The van der Waals surface area contributed by atoms with Gasteiger partial charge in [0.25, 0.3) is 11.7 Å². The molecule has 1 unspecified atom stereocenters. The van der Waals surface area contributed by atoms with Gasteiger partial charge >= 0.3 is 0 Å². The van der Waals surface area contributed by atoms with Crippen LogP contribution in [0.2, 0.25) is 0 Å². The van der Waals surface area contributed by atoms with Crippen molar-refractivity contribution in [3.8, 4) is 11.5 Å². The van der Waals surface area contributed by atoms with Crippen LogP contribution < -0.4 is 9.47 Å². The van der Waals surface area contributed by atoms with Crippen molar-refractivity contribution in [2.75, 3.05) is 53.1 Å². The number of nitrogens with zero attached hydrogens (tertiary/aromatic N) is 2. The molecule has 186 valence electrons. The zero-order chi connectivity index (χ0) is 24.8. The van der Waals surface area contributed by atoms with E-state index < -0.39 is 17.7 Å². The molecule has 2 aliphatic rings. The Bertz CT molecular complexity index is 1060. The number of rotatable bonds is 9. The third-order valence-corrected chi connectivity index (χ3v) is 6.39. The Labute approximate surface area is 205 Å². The van der Waals surface area contributed by atoms with Crippen LogP contribution in [0.5, 0.6) is 11.5 Å². The van der Waals surface area contributed by atoms with Gasteiger partial charge in [-0.15, -0.1) is 0 Å². The minimum absolute atomic E-state index is 0.0932. The van der Waals surface area contributed by atoms with E-state index in [1.807, 2.05) is 31.2 Å². The van der Waals surface area contributed by atoms with E-state index >= 15 is 0 Å². The first kappa shape index (κ1) is 24.8. The quantitative estimate of drug-likeness (QED) is 0.335. The molecule has 0 aromatic heterocycles. The number of carbonyl (C=O) groups excluding carboxylic acids is 2. The molecule has 1 amide bonds. The van der Waals surface area contributed by atoms with E-state index in [9.17, 15) is 14.7 Å². The van der Waals surface area contributed by atoms with E-state index in [0.717, 1.165) is 25.2 Å². The van der Waals surface area contributed by atoms with Crippen LogP contribution in [0, 0.1) is 0 Å². The van der Waals surface area contributed by atoms with Crippen molar-refractivity contribution >= 4 is 17.4 Å². The van der Waals surface area contributed by atoms with Gasteiger partial charge in [0.2, 0.25) is 0 Å². The number of carbonyl (C=O) groups is 2. The normalized spacial score (nSPS) is 20.3. The molecule has 2 aromatic carbocycles. The first-order valence-corrected chi connectivity index (χ1v) is 12.0. The minimum Gasteiger partial charge on any atom is -0.507 e. The van der Waals surface area contributed by atoms with Crippen LogP contribution in [-0.2, 0) is 14.3 Å². The van der Waals surface area contributed by atoms with Crippen LogP contribution in [0.1, 0.15) is 30.5 Å². The summed E-state index contributed by atoms with van der Waals surface area (Å²) in [6.07, 6.45) is 0.711. The van der Waals surface area contributed by atoms with Gasteiger partial charge in [-0.1, -0.05) is 12.1 Å². The molecule has 2 heterocycles. The lowest BCUT2D eigenvalue weighted by molar-refractivity contribution is -0.140. The summed E-state index contributed by atoms with van der Waals surface area (Å²) in [5.74, 6) is -0.131. The summed E-state index contributed by atoms with van der Waals surface area (Å²) < 4.78 is 16.2. The van der Waals surface area contributed by atoms with Gasteiger partial charge in [-0.05, 0) is 55.3 Å². The fourth-order valence-corrected chi connectivity index (χ4v) is 4.56. The number of ketones is 1. The lowest BCUT2D eigenvalue weighted by atomic mass is 9.95. The van der Waals surface area contributed by atoms with Crippen molar-refractivity contribution in [2.45, 2.75) is 19.4 Å². The van der Waals surface area contributed by atoms with Crippen LogP contribution in [0.15, 0.2) is 54.1 Å². The van der Waals surface area contributed by atoms with Gasteiger partial charge in [-0.3, -0.25) is 14.5 Å². The Hall–Kier alpha value is -3.36. The van der Waals surface area contributed by atoms with Crippen molar-refractivity contribution in [2.24, 2.45) is 0 Å². The second-order valence-corrected chi connectivity index (χ2v) is 8.53. The predicted octanol–water partition coefficient (Wildman–Crippen LogP) is 3.24. The molecule has 0 spiro atoms. The molecule has 2 aliphatic heterocycles. The summed E-state index contributed by atoms with van der Waals surface area (Å²) in [4.78, 5) is 30.2. The average Bonchev–Trinajstić information content (AvgIpc) is 3.14. The molecule has 8 nitrogen and oxygen atoms in total. The highest BCUT2D eigenvalue weighted by Gasteiger charge is 2.45. The van der Waals surface area contributed by atoms with Gasteiger partial charge in [-0.25, -0.2) is 0 Å². The maximum Gasteiger partial charge on any atom is 0.295 e. The van der Waals surface area contributed by atoms with Crippen LogP contribution >= 0.6 is 0 Å². The summed E-state index contributed by atoms with van der Waals surface area (Å²) in [5.41, 5.74) is 1.29. The molecule has 35 heavy (non-hydrogen) atoms. The van der Waals surface area contributed by atoms with Gasteiger partial charge in [0.15, 0.2) is 0 Å². The molecular formula is C27H32N2O6. The number of likely N-dealkylation sites (tertiary alicyclic amines) is 1. The van der Waals surface area contributed by atoms with E-state index in [0.29, 0.717) is 49.8 Å². The van der Waals surface area contributed by atoms with Crippen LogP contribution in [0.4, 0.5) is 0 Å². The van der Waals surface area contributed by atoms with Gasteiger partial charge in [0.1, 0.15) is 17.3 Å². The molecule has 2 aromatic rings. The van der Waals surface area contributed by atoms with Crippen LogP contribution in [0.3, 0.4) is 0 Å². The van der Waals surface area contributed by atoms with Crippen LogP contribution in [0.25, 0.3) is 5.76 Å². The van der Waals surface area contributed by atoms with E-state index in [4.69, 9.17) is 14.2 Å². The molecule has 8 heteroatoms. The fraction of sp³-hybridized carbons (Fsp3) is 0.407. The number of ether oxygens (including phenoxy) is 3. The SMILES string of the molecule is CCOc1ccc(C2/C(=C(\O)c3ccc(OC)cc3)C(=O)C(=O)N2CCCN2CCOCC2)cc1. The summed E-state index contributed by atoms with van der Waals surface area (Å²) in [5, 5.41) is 11.2. The molecule has 2 saturated heterocycles. The van der Waals surface area contributed by atoms with Crippen molar-refractivity contribution in [1.82, 2.24) is 9.80 Å². The molecule has 1 atom stereocenters. The second-order valence-electron chi connectivity index (χ2n) is 8.53. The van der Waals surface area contributed by atoms with Gasteiger partial charge < -0.3 is 24.2 Å². The number of amides is 1. The number of benzene rings is 2. The minimum atomic E-state index is -0.683. The number of morpholine rings is 1. The lowest BCUT2D eigenvalue weighted by Gasteiger charge is -2.29. The number of hydrogen-bond acceptors (Lipinski definition) is 7. The maximum absolute atomic E-state index is 13.2. The molecule has 0 bridgehead atoms. The van der Waals surface area contributed by atoms with Gasteiger partial charge in [-0.2, -0.15) is 0 Å². The highest BCUT2D eigenvalue weighted by atomic mass is 16.5. The highest BCUT2D eigenvalue weighted by molar-refractivity contribution is 6.46. The standard InChI is InChI=1S/C27H32N2O6/c1-3-35-22-11-5-19(6-12-22)24-23(25(30)20-7-9-21(33-2)10-8-20)26(31)27(32)29(24)14-4-13-28-15-17-34-18-16-28/h5-12,24,30H,3-4,13-18H2,1-2H3/b25-23+. The zero-order valence-corrected chi connectivity index (χ0v) is 20.2. The van der Waals surface area contributed by atoms with E-state index in [1.54, 1.807) is 36.3 Å². The Morgan fingerprint density at radius 3 is 2.29 bits per heavy atom. The monoisotopic (exact) mass is 480 g/mol. The Kier molecular flexibility index (Phi) is 8.05. The highest BCUT2D eigenvalue weighted by Crippen LogP contribution is 2.40. The third kappa shape index (κ3) is 5.49. The topological polar surface area (TPSA) is 88.5 Å². The van der Waals surface area contributed by atoms with Crippen LogP contribution in [-0.4, -0.2) is 79.7 Å².